The van der Waals surface area contributed by atoms with Crippen LogP contribution in [0.4, 0.5) is 0 Å². The van der Waals surface area contributed by atoms with Crippen LogP contribution < -0.4 is 10.1 Å². The number of carbonyl (C=O) groups excluding carboxylic acids is 1. The zero-order chi connectivity index (χ0) is 20.7. The van der Waals surface area contributed by atoms with E-state index in [2.05, 4.69) is 5.32 Å². The maximum Gasteiger partial charge on any atom is 0.216 e. The summed E-state index contributed by atoms with van der Waals surface area (Å²) < 4.78 is 74.5. The van der Waals surface area contributed by atoms with Crippen LogP contribution in [0.15, 0.2) is 36.3 Å². The van der Waals surface area contributed by atoms with Crippen molar-refractivity contribution in [2.75, 3.05) is 13.7 Å². The normalized spacial score (nSPS) is 18.2. The number of benzene rings is 2. The third-order valence-electron chi connectivity index (χ3n) is 2.36. The Kier molecular flexibility index (Phi) is 1.63. The number of rotatable bonds is 4. The van der Waals surface area contributed by atoms with Crippen molar-refractivity contribution in [1.82, 2.24) is 5.32 Å². The topological polar surface area (TPSA) is 38.3 Å². The molecule has 0 aliphatic carbocycles. The van der Waals surface area contributed by atoms with E-state index in [0.717, 1.165) is 0 Å². The average molecular weight is 252 g/mol. The van der Waals surface area contributed by atoms with Gasteiger partial charge < -0.3 is 10.1 Å². The average Bonchev–Trinajstić information content (AvgIpc) is 2.59. The fourth-order valence-corrected chi connectivity index (χ4v) is 1.53. The standard InChI is InChI=1S/C15H17NO2/c1-11(17)16-9-8-13-5-3-4-12-6-7-14(18-2)10-15(12)13/h3-7,10H,8-9H2,1-2H3,(H,16,17)/i1D3,3D,4D,5D,6D,7D,10D. The number of amides is 1. The lowest BCUT2D eigenvalue weighted by molar-refractivity contribution is -0.118. The monoisotopic (exact) mass is 252 g/mol. The smallest absolute Gasteiger partial charge is 0.216 e. The lowest BCUT2D eigenvalue weighted by Gasteiger charge is -2.08. The fraction of sp³-hybridized carbons (Fsp3) is 0.267. The molecule has 0 atom stereocenters. The van der Waals surface area contributed by atoms with Gasteiger partial charge in [-0.3, -0.25) is 4.79 Å². The Morgan fingerprint density at radius 2 is 2.33 bits per heavy atom. The van der Waals surface area contributed by atoms with E-state index in [4.69, 9.17) is 17.1 Å². The Morgan fingerprint density at radius 1 is 1.44 bits per heavy atom. The van der Waals surface area contributed by atoms with Crippen molar-refractivity contribution in [3.05, 3.63) is 41.8 Å². The second-order valence-electron chi connectivity index (χ2n) is 3.52. The van der Waals surface area contributed by atoms with Gasteiger partial charge in [-0.1, -0.05) is 24.2 Å². The maximum atomic E-state index is 11.5. The Balaban J connectivity index is 2.65. The highest BCUT2D eigenvalue weighted by Gasteiger charge is 2.03. The molecule has 0 fully saturated rings. The Hall–Kier alpha value is -2.03. The zero-order valence-electron chi connectivity index (χ0n) is 18.7. The molecule has 2 rings (SSSR count). The first kappa shape index (κ1) is 5.31. The van der Waals surface area contributed by atoms with Crippen molar-refractivity contribution in [1.29, 1.82) is 0 Å². The van der Waals surface area contributed by atoms with Crippen molar-refractivity contribution < 1.29 is 21.9 Å². The third-order valence-corrected chi connectivity index (χ3v) is 2.36. The van der Waals surface area contributed by atoms with Crippen LogP contribution in [0.1, 0.15) is 24.8 Å². The van der Waals surface area contributed by atoms with Crippen LogP contribution in [0.2, 0.25) is 0 Å². The number of hydrogen-bond acceptors (Lipinski definition) is 2. The summed E-state index contributed by atoms with van der Waals surface area (Å²) in [6.07, 6.45) is -0.0882. The summed E-state index contributed by atoms with van der Waals surface area (Å²) in [6, 6.07) is -2.38. The van der Waals surface area contributed by atoms with Crippen molar-refractivity contribution >= 4 is 16.7 Å². The van der Waals surface area contributed by atoms with Crippen molar-refractivity contribution in [3.8, 4) is 5.75 Å². The minimum Gasteiger partial charge on any atom is -0.497 e. The van der Waals surface area contributed by atoms with E-state index in [-0.39, 0.29) is 47.1 Å². The van der Waals surface area contributed by atoms with Crippen molar-refractivity contribution in [3.63, 3.8) is 0 Å². The van der Waals surface area contributed by atoms with E-state index >= 15 is 0 Å². The van der Waals surface area contributed by atoms with Crippen LogP contribution in [0.25, 0.3) is 10.8 Å². The molecule has 3 heteroatoms. The molecule has 0 aliphatic heterocycles. The summed E-state index contributed by atoms with van der Waals surface area (Å²) in [5, 5.41) is 2.10. The highest BCUT2D eigenvalue weighted by Crippen LogP contribution is 2.24. The molecule has 0 bridgehead atoms. The molecular weight excluding hydrogens is 226 g/mol. The minimum absolute atomic E-state index is 0.0157. The molecule has 3 nitrogen and oxygen atoms in total. The molecule has 2 aromatic carbocycles. The Morgan fingerprint density at radius 3 is 3.11 bits per heavy atom. The molecule has 0 spiro atoms. The van der Waals surface area contributed by atoms with Gasteiger partial charge in [0.1, 0.15) is 5.75 Å². The van der Waals surface area contributed by atoms with Crippen LogP contribution in [-0.2, 0) is 11.2 Å². The van der Waals surface area contributed by atoms with E-state index in [0.29, 0.717) is 0 Å². The molecule has 0 saturated carbocycles. The Bertz CT molecular complexity index is 925. The number of carbonyl (C=O) groups is 1. The number of nitrogens with one attached hydrogen (secondary N) is 1. The summed E-state index contributed by atoms with van der Waals surface area (Å²) in [4.78, 5) is 11.5. The molecule has 0 aromatic heterocycles. The van der Waals surface area contributed by atoms with E-state index in [1.165, 1.54) is 7.11 Å². The third kappa shape index (κ3) is 2.80. The van der Waals surface area contributed by atoms with Crippen molar-refractivity contribution in [2.45, 2.75) is 13.3 Å². The molecular formula is C15H17NO2. The minimum atomic E-state index is -2.82. The number of fused-ring (bicyclic) bond motifs is 1. The van der Waals surface area contributed by atoms with Gasteiger partial charge in [-0.15, -0.1) is 0 Å². The number of methoxy groups -OCH3 is 1. The maximum absolute atomic E-state index is 11.5. The van der Waals surface area contributed by atoms with Gasteiger partial charge in [-0.25, -0.2) is 0 Å². The van der Waals surface area contributed by atoms with Gasteiger partial charge in [0, 0.05) is 17.5 Å². The zero-order valence-corrected chi connectivity index (χ0v) is 9.73. The van der Waals surface area contributed by atoms with Gasteiger partial charge >= 0.3 is 0 Å². The molecule has 0 aliphatic rings. The molecule has 0 saturated heterocycles. The van der Waals surface area contributed by atoms with Crippen LogP contribution in [-0.4, -0.2) is 19.6 Å². The summed E-state index contributed by atoms with van der Waals surface area (Å²) in [5.74, 6) is -1.36. The fourth-order valence-electron chi connectivity index (χ4n) is 1.53. The van der Waals surface area contributed by atoms with Crippen molar-refractivity contribution in [2.24, 2.45) is 0 Å². The largest absolute Gasteiger partial charge is 0.497 e. The van der Waals surface area contributed by atoms with Crippen LogP contribution in [0, 0.1) is 0 Å². The highest BCUT2D eigenvalue weighted by molar-refractivity contribution is 5.87. The Labute approximate surface area is 119 Å². The van der Waals surface area contributed by atoms with Crippen LogP contribution in [0.5, 0.6) is 5.75 Å². The second-order valence-corrected chi connectivity index (χ2v) is 3.52. The summed E-state index contributed by atoms with van der Waals surface area (Å²) >= 11 is 0. The lowest BCUT2D eigenvalue weighted by Crippen LogP contribution is -2.22. The van der Waals surface area contributed by atoms with E-state index < -0.39 is 36.9 Å². The van der Waals surface area contributed by atoms with E-state index in [1.807, 2.05) is 0 Å². The van der Waals surface area contributed by atoms with Gasteiger partial charge in [-0.2, -0.15) is 0 Å². The van der Waals surface area contributed by atoms with Gasteiger partial charge in [0.05, 0.1) is 15.3 Å². The first-order chi connectivity index (χ1) is 12.4. The molecule has 0 radical (unpaired) electrons. The second kappa shape index (κ2) is 5.54. The van der Waals surface area contributed by atoms with Gasteiger partial charge in [-0.05, 0) is 34.8 Å². The number of ether oxygens (including phenoxy) is 1. The molecule has 94 valence electrons. The summed E-state index contributed by atoms with van der Waals surface area (Å²) in [5.41, 5.74) is 0.105. The van der Waals surface area contributed by atoms with Gasteiger partial charge in [0.2, 0.25) is 5.91 Å². The van der Waals surface area contributed by atoms with Gasteiger partial charge in [0.15, 0.2) is 0 Å². The van der Waals surface area contributed by atoms with E-state index in [9.17, 15) is 4.79 Å². The molecule has 1 N–H and O–H groups in total. The summed E-state index contributed by atoms with van der Waals surface area (Å²) in [6.45, 7) is -3.00. The first-order valence-corrected chi connectivity index (χ1v) is 5.27. The lowest BCUT2D eigenvalue weighted by atomic mass is 10.0. The predicted molar refractivity (Wildman–Crippen MR) is 72.9 cm³/mol. The first-order valence-electron chi connectivity index (χ1n) is 9.77. The van der Waals surface area contributed by atoms with Crippen LogP contribution >= 0.6 is 0 Å². The van der Waals surface area contributed by atoms with Crippen LogP contribution in [0.3, 0.4) is 0 Å². The molecule has 18 heavy (non-hydrogen) atoms. The molecule has 0 unspecified atom stereocenters. The quantitative estimate of drug-likeness (QED) is 0.908. The van der Waals surface area contributed by atoms with E-state index in [1.54, 1.807) is 0 Å². The summed E-state index contributed by atoms with van der Waals surface area (Å²) in [7, 11) is 1.23. The SMILES string of the molecule is [2H]c1c([2H])c(CCNC(=O)C([2H])([2H])[2H])c2c([2H])c(OC)c([2H])c([2H])c2c1[2H]. The highest BCUT2D eigenvalue weighted by atomic mass is 16.5. The number of hydrogen-bond donors (Lipinski definition) is 1. The molecule has 0 heterocycles. The predicted octanol–water partition coefficient (Wildman–Crippen LogP) is 2.53. The van der Waals surface area contributed by atoms with Gasteiger partial charge in [0.25, 0.3) is 0 Å². The molecule has 2 aromatic rings. The molecule has 1 amide bonds.